The van der Waals surface area contributed by atoms with Gasteiger partial charge < -0.3 is 10.3 Å². The first kappa shape index (κ1) is 18.9. The van der Waals surface area contributed by atoms with E-state index in [-0.39, 0.29) is 11.9 Å². The summed E-state index contributed by atoms with van der Waals surface area (Å²) < 4.78 is 2.23. The molecule has 3 aromatic carbocycles. The second kappa shape index (κ2) is 8.29. The second-order valence-corrected chi connectivity index (χ2v) is 7.22. The van der Waals surface area contributed by atoms with Crippen molar-refractivity contribution in [2.24, 2.45) is 0 Å². The van der Waals surface area contributed by atoms with E-state index in [9.17, 15) is 4.79 Å². The maximum atomic E-state index is 12.9. The molecule has 0 bridgehead atoms. The molecule has 1 heterocycles. The average Bonchev–Trinajstić information content (AvgIpc) is 3.16. The molecule has 29 heavy (non-hydrogen) atoms. The Balaban J connectivity index is 1.53. The van der Waals surface area contributed by atoms with E-state index in [1.165, 1.54) is 5.56 Å². The molecule has 0 saturated carbocycles. The van der Waals surface area contributed by atoms with Gasteiger partial charge in [0.25, 0.3) is 5.91 Å². The second-order valence-electron chi connectivity index (χ2n) is 6.83. The molecule has 0 spiro atoms. The normalized spacial score (nSPS) is 11.8. The Bertz CT molecular complexity index is 1160. The SMILES string of the molecule is C[C@H](NC(=O)c1c[nH]c(=S)n1-c1ccccc1)c1ccc(-c2ccccc2)cc1. The van der Waals surface area contributed by atoms with Crippen LogP contribution in [0.15, 0.2) is 91.1 Å². The number of carbonyl (C=O) groups excluding carboxylic acids is 1. The van der Waals surface area contributed by atoms with Gasteiger partial charge in [-0.2, -0.15) is 0 Å². The first-order chi connectivity index (χ1) is 14.1. The van der Waals surface area contributed by atoms with Gasteiger partial charge in [-0.1, -0.05) is 72.8 Å². The van der Waals surface area contributed by atoms with E-state index >= 15 is 0 Å². The van der Waals surface area contributed by atoms with E-state index in [0.29, 0.717) is 10.5 Å². The number of nitrogens with zero attached hydrogens (tertiary/aromatic N) is 1. The number of benzene rings is 3. The van der Waals surface area contributed by atoms with E-state index in [0.717, 1.165) is 16.8 Å². The van der Waals surface area contributed by atoms with Gasteiger partial charge in [-0.15, -0.1) is 0 Å². The topological polar surface area (TPSA) is 49.8 Å². The summed E-state index contributed by atoms with van der Waals surface area (Å²) in [5, 5.41) is 3.07. The van der Waals surface area contributed by atoms with Crippen LogP contribution < -0.4 is 5.32 Å². The molecular formula is C24H21N3OS. The van der Waals surface area contributed by atoms with E-state index in [4.69, 9.17) is 12.2 Å². The summed E-state index contributed by atoms with van der Waals surface area (Å²) in [5.74, 6) is -0.180. The Morgan fingerprint density at radius 2 is 1.48 bits per heavy atom. The molecule has 0 unspecified atom stereocenters. The number of aromatic nitrogens is 2. The van der Waals surface area contributed by atoms with Crippen LogP contribution in [0.4, 0.5) is 0 Å². The molecule has 1 amide bonds. The first-order valence-electron chi connectivity index (χ1n) is 9.45. The quantitative estimate of drug-likeness (QED) is 0.423. The van der Waals surface area contributed by atoms with Crippen LogP contribution in [0.25, 0.3) is 16.8 Å². The fourth-order valence-corrected chi connectivity index (χ4v) is 3.58. The monoisotopic (exact) mass is 399 g/mol. The number of H-pyrrole nitrogens is 1. The zero-order valence-corrected chi connectivity index (χ0v) is 16.8. The number of para-hydroxylation sites is 1. The molecule has 4 rings (SSSR count). The molecule has 1 aromatic heterocycles. The zero-order valence-electron chi connectivity index (χ0n) is 16.0. The Kier molecular flexibility index (Phi) is 5.40. The largest absolute Gasteiger partial charge is 0.344 e. The van der Waals surface area contributed by atoms with Crippen molar-refractivity contribution in [2.75, 3.05) is 0 Å². The van der Waals surface area contributed by atoms with Gasteiger partial charge in [-0.05, 0) is 48.0 Å². The van der Waals surface area contributed by atoms with Gasteiger partial charge in [0.1, 0.15) is 5.69 Å². The third-order valence-electron chi connectivity index (χ3n) is 4.89. The molecule has 0 fully saturated rings. The smallest absolute Gasteiger partial charge is 0.270 e. The first-order valence-corrected chi connectivity index (χ1v) is 9.86. The van der Waals surface area contributed by atoms with Crippen molar-refractivity contribution in [1.82, 2.24) is 14.9 Å². The Labute approximate surface area is 174 Å². The Morgan fingerprint density at radius 3 is 2.14 bits per heavy atom. The highest BCUT2D eigenvalue weighted by Gasteiger charge is 2.17. The standard InChI is InChI=1S/C24H21N3OS/c1-17(18-12-14-20(15-13-18)19-8-4-2-5-9-19)26-23(28)22-16-25-24(29)27(22)21-10-6-3-7-11-21/h2-17H,1H3,(H,25,29)(H,26,28)/t17-/m0/s1. The van der Waals surface area contributed by atoms with Crippen LogP contribution in [0.1, 0.15) is 29.0 Å². The highest BCUT2D eigenvalue weighted by molar-refractivity contribution is 7.71. The summed E-state index contributed by atoms with van der Waals surface area (Å²) in [6.07, 6.45) is 1.65. The van der Waals surface area contributed by atoms with Crippen molar-refractivity contribution < 1.29 is 4.79 Å². The van der Waals surface area contributed by atoms with Crippen molar-refractivity contribution in [2.45, 2.75) is 13.0 Å². The van der Waals surface area contributed by atoms with Gasteiger partial charge in [0.2, 0.25) is 0 Å². The number of nitrogens with one attached hydrogen (secondary N) is 2. The summed E-state index contributed by atoms with van der Waals surface area (Å²) in [7, 11) is 0. The van der Waals surface area contributed by atoms with Gasteiger partial charge in [0, 0.05) is 11.9 Å². The number of amides is 1. The van der Waals surface area contributed by atoms with E-state index < -0.39 is 0 Å². The lowest BCUT2D eigenvalue weighted by molar-refractivity contribution is 0.0933. The third-order valence-corrected chi connectivity index (χ3v) is 5.19. The molecule has 0 aliphatic carbocycles. The van der Waals surface area contributed by atoms with Crippen molar-refractivity contribution in [3.8, 4) is 16.8 Å². The Hall–Kier alpha value is -3.44. The summed E-state index contributed by atoms with van der Waals surface area (Å²) in [6.45, 7) is 1.98. The van der Waals surface area contributed by atoms with E-state index in [1.807, 2.05) is 67.6 Å². The number of aromatic amines is 1. The summed E-state index contributed by atoms with van der Waals surface area (Å²) >= 11 is 5.37. The fraction of sp³-hybridized carbons (Fsp3) is 0.0833. The summed E-state index contributed by atoms with van der Waals surface area (Å²) in [5.41, 5.74) is 4.69. The lowest BCUT2D eigenvalue weighted by Gasteiger charge is -2.16. The maximum absolute atomic E-state index is 12.9. The number of hydrogen-bond donors (Lipinski definition) is 2. The molecule has 2 N–H and O–H groups in total. The predicted molar refractivity (Wildman–Crippen MR) is 119 cm³/mol. The van der Waals surface area contributed by atoms with Crippen LogP contribution in [-0.2, 0) is 0 Å². The van der Waals surface area contributed by atoms with Gasteiger partial charge in [0.15, 0.2) is 4.77 Å². The van der Waals surface area contributed by atoms with Crippen LogP contribution in [0, 0.1) is 4.77 Å². The zero-order chi connectivity index (χ0) is 20.2. The van der Waals surface area contributed by atoms with Gasteiger partial charge in [-0.25, -0.2) is 0 Å². The molecule has 4 aromatic rings. The van der Waals surface area contributed by atoms with Crippen LogP contribution in [-0.4, -0.2) is 15.5 Å². The predicted octanol–water partition coefficient (Wildman–Crippen LogP) is 5.69. The van der Waals surface area contributed by atoms with Crippen LogP contribution >= 0.6 is 12.2 Å². The van der Waals surface area contributed by atoms with E-state index in [2.05, 4.69) is 34.6 Å². The highest BCUT2D eigenvalue weighted by Crippen LogP contribution is 2.22. The molecule has 0 aliphatic rings. The third kappa shape index (κ3) is 4.05. The van der Waals surface area contributed by atoms with Crippen molar-refractivity contribution in [1.29, 1.82) is 0 Å². The molecule has 144 valence electrons. The highest BCUT2D eigenvalue weighted by atomic mass is 32.1. The van der Waals surface area contributed by atoms with Crippen LogP contribution in [0.3, 0.4) is 0 Å². The van der Waals surface area contributed by atoms with Crippen molar-refractivity contribution in [3.05, 3.63) is 107 Å². The minimum Gasteiger partial charge on any atom is -0.344 e. The minimum absolute atomic E-state index is 0.139. The van der Waals surface area contributed by atoms with E-state index in [1.54, 1.807) is 10.8 Å². The minimum atomic E-state index is -0.180. The average molecular weight is 400 g/mol. The lowest BCUT2D eigenvalue weighted by Crippen LogP contribution is -2.28. The molecule has 0 saturated heterocycles. The molecular weight excluding hydrogens is 378 g/mol. The van der Waals surface area contributed by atoms with Gasteiger partial charge >= 0.3 is 0 Å². The molecule has 4 nitrogen and oxygen atoms in total. The van der Waals surface area contributed by atoms with Crippen molar-refractivity contribution >= 4 is 18.1 Å². The van der Waals surface area contributed by atoms with Crippen LogP contribution in [0.5, 0.6) is 0 Å². The lowest BCUT2D eigenvalue weighted by atomic mass is 10.0. The molecule has 1 atom stereocenters. The van der Waals surface area contributed by atoms with Crippen molar-refractivity contribution in [3.63, 3.8) is 0 Å². The van der Waals surface area contributed by atoms with Gasteiger partial charge in [-0.3, -0.25) is 9.36 Å². The molecule has 0 radical (unpaired) electrons. The Morgan fingerprint density at radius 1 is 0.897 bits per heavy atom. The molecule has 5 heteroatoms. The maximum Gasteiger partial charge on any atom is 0.270 e. The summed E-state index contributed by atoms with van der Waals surface area (Å²) in [4.78, 5) is 15.9. The summed E-state index contributed by atoms with van der Waals surface area (Å²) in [6, 6.07) is 28.0. The number of hydrogen-bond acceptors (Lipinski definition) is 2. The number of carbonyl (C=O) groups is 1. The number of rotatable bonds is 5. The number of imidazole rings is 1. The fourth-order valence-electron chi connectivity index (χ4n) is 3.32. The molecule has 0 aliphatic heterocycles. The van der Waals surface area contributed by atoms with Crippen LogP contribution in [0.2, 0.25) is 0 Å². The van der Waals surface area contributed by atoms with Gasteiger partial charge in [0.05, 0.1) is 6.04 Å².